The van der Waals surface area contributed by atoms with Gasteiger partial charge in [0.2, 0.25) is 0 Å². The van der Waals surface area contributed by atoms with Crippen LogP contribution in [0.4, 0.5) is 0 Å². The van der Waals surface area contributed by atoms with Crippen LogP contribution in [0.15, 0.2) is 30.3 Å². The van der Waals surface area contributed by atoms with E-state index >= 15 is 0 Å². The topological polar surface area (TPSA) is 32.3 Å². The number of hydrogen-bond donors (Lipinski definition) is 1. The highest BCUT2D eigenvalue weighted by Gasteiger charge is 2.60. The average Bonchev–Trinajstić information content (AvgIpc) is 3.20. The van der Waals surface area contributed by atoms with Crippen LogP contribution in [0.3, 0.4) is 0 Å². The highest BCUT2D eigenvalue weighted by atomic mass is 32.1. The van der Waals surface area contributed by atoms with Crippen LogP contribution in [0.5, 0.6) is 0 Å². The summed E-state index contributed by atoms with van der Waals surface area (Å²) in [6.45, 7) is 2.47. The van der Waals surface area contributed by atoms with Crippen LogP contribution in [0.25, 0.3) is 10.1 Å². The van der Waals surface area contributed by atoms with Gasteiger partial charge in [-0.1, -0.05) is 18.2 Å². The van der Waals surface area contributed by atoms with Gasteiger partial charge in [0.1, 0.15) is 0 Å². The quantitative estimate of drug-likeness (QED) is 0.923. The predicted octanol–water partition coefficient (Wildman–Crippen LogP) is 3.26. The number of fused-ring (bicyclic) bond motifs is 3. The number of nitrogens with zero attached hydrogens (tertiary/aromatic N) is 1. The fraction of sp³-hybridized carbons (Fsp3) is 0.500. The van der Waals surface area contributed by atoms with Gasteiger partial charge in [0.15, 0.2) is 0 Å². The molecule has 3 aliphatic heterocycles. The van der Waals surface area contributed by atoms with Gasteiger partial charge >= 0.3 is 0 Å². The number of hydrogen-bond acceptors (Lipinski definition) is 3. The van der Waals surface area contributed by atoms with Gasteiger partial charge in [-0.05, 0) is 62.2 Å². The molecule has 1 atom stereocenters. The third-order valence-electron chi connectivity index (χ3n) is 5.92. The Morgan fingerprint density at radius 2 is 2.00 bits per heavy atom. The highest BCUT2D eigenvalue weighted by molar-refractivity contribution is 7.20. The maximum atomic E-state index is 12.8. The lowest BCUT2D eigenvalue weighted by atomic mass is 9.77. The molecule has 4 aliphatic rings. The molecule has 4 fully saturated rings. The molecule has 2 aromatic rings. The maximum Gasteiger partial charge on any atom is 0.261 e. The summed E-state index contributed by atoms with van der Waals surface area (Å²) >= 11 is 1.61. The Morgan fingerprint density at radius 3 is 2.73 bits per heavy atom. The molecule has 3 saturated heterocycles. The molecule has 1 saturated carbocycles. The van der Waals surface area contributed by atoms with Gasteiger partial charge < -0.3 is 5.32 Å². The molecular weight excluding hydrogens is 292 g/mol. The SMILES string of the molecule is O=C(N[C@H]1C2CCN(CC2)C12CC2)c1cc2ccccc2s1. The standard InChI is InChI=1S/C18H20N2OS/c21-17(15-11-13-3-1-2-4-14(13)22-15)19-16-12-5-9-20(10-6-12)18(16)7-8-18/h1-4,11-12,16H,5-10H2,(H,19,21)/t16-/m0/s1. The largest absolute Gasteiger partial charge is 0.346 e. The minimum atomic E-state index is 0.131. The molecule has 1 aromatic heterocycles. The van der Waals surface area contributed by atoms with Crippen LogP contribution in [-0.2, 0) is 0 Å². The predicted molar refractivity (Wildman–Crippen MR) is 89.3 cm³/mol. The molecule has 6 rings (SSSR count). The zero-order chi connectivity index (χ0) is 14.7. The molecular formula is C18H20N2OS. The number of nitrogens with one attached hydrogen (secondary N) is 1. The minimum Gasteiger partial charge on any atom is -0.346 e. The monoisotopic (exact) mass is 312 g/mol. The summed E-state index contributed by atoms with van der Waals surface area (Å²) in [6, 6.07) is 10.6. The lowest BCUT2D eigenvalue weighted by Gasteiger charge is -2.52. The lowest BCUT2D eigenvalue weighted by Crippen LogP contribution is -2.65. The number of amides is 1. The van der Waals surface area contributed by atoms with Crippen molar-refractivity contribution in [2.24, 2.45) is 5.92 Å². The van der Waals surface area contributed by atoms with E-state index in [1.54, 1.807) is 11.3 Å². The van der Waals surface area contributed by atoms with E-state index < -0.39 is 0 Å². The molecule has 22 heavy (non-hydrogen) atoms. The first-order chi connectivity index (χ1) is 10.8. The Kier molecular flexibility index (Phi) is 2.71. The van der Waals surface area contributed by atoms with Gasteiger partial charge in [0.05, 0.1) is 10.9 Å². The van der Waals surface area contributed by atoms with Crippen molar-refractivity contribution in [1.82, 2.24) is 10.2 Å². The van der Waals surface area contributed by atoms with E-state index in [9.17, 15) is 4.79 Å². The van der Waals surface area contributed by atoms with Crippen LogP contribution in [0, 0.1) is 5.92 Å². The molecule has 4 heterocycles. The van der Waals surface area contributed by atoms with Crippen molar-refractivity contribution in [2.75, 3.05) is 13.1 Å². The molecule has 0 radical (unpaired) electrons. The molecule has 4 heteroatoms. The Labute approximate surface area is 134 Å². The summed E-state index contributed by atoms with van der Waals surface area (Å²) in [5.41, 5.74) is 0.313. The van der Waals surface area contributed by atoms with Crippen LogP contribution in [-0.4, -0.2) is 35.5 Å². The second-order valence-corrected chi connectivity index (χ2v) is 8.11. The van der Waals surface area contributed by atoms with Gasteiger partial charge in [-0.3, -0.25) is 9.69 Å². The Morgan fingerprint density at radius 1 is 1.23 bits per heavy atom. The fourth-order valence-electron chi connectivity index (χ4n) is 4.63. The number of piperidine rings is 3. The second-order valence-electron chi connectivity index (χ2n) is 7.03. The first-order valence-corrected chi connectivity index (χ1v) is 9.12. The third kappa shape index (κ3) is 1.80. The van der Waals surface area contributed by atoms with Crippen LogP contribution >= 0.6 is 11.3 Å². The first kappa shape index (κ1) is 13.1. The van der Waals surface area contributed by atoms with Gasteiger partial charge in [-0.2, -0.15) is 0 Å². The average molecular weight is 312 g/mol. The van der Waals surface area contributed by atoms with E-state index in [1.165, 1.54) is 48.9 Å². The molecule has 2 bridgehead atoms. The van der Waals surface area contributed by atoms with Crippen molar-refractivity contribution < 1.29 is 4.79 Å². The van der Waals surface area contributed by atoms with E-state index in [2.05, 4.69) is 22.3 Å². The van der Waals surface area contributed by atoms with Crippen molar-refractivity contribution in [3.63, 3.8) is 0 Å². The summed E-state index contributed by atoms with van der Waals surface area (Å²) in [7, 11) is 0. The van der Waals surface area contributed by atoms with Gasteiger partial charge in [-0.25, -0.2) is 0 Å². The van der Waals surface area contributed by atoms with Crippen molar-refractivity contribution in [3.8, 4) is 0 Å². The fourth-order valence-corrected chi connectivity index (χ4v) is 5.59. The van der Waals surface area contributed by atoms with Crippen LogP contribution in [0.2, 0.25) is 0 Å². The zero-order valence-corrected chi connectivity index (χ0v) is 13.4. The van der Waals surface area contributed by atoms with Crippen molar-refractivity contribution in [3.05, 3.63) is 35.2 Å². The number of carbonyl (C=O) groups is 1. The highest BCUT2D eigenvalue weighted by Crippen LogP contribution is 2.53. The number of rotatable bonds is 2. The number of carbonyl (C=O) groups excluding carboxylic acids is 1. The summed E-state index contributed by atoms with van der Waals surface area (Å²) in [6.07, 6.45) is 5.03. The number of benzene rings is 1. The molecule has 3 nitrogen and oxygen atoms in total. The lowest BCUT2D eigenvalue weighted by molar-refractivity contribution is -0.00138. The summed E-state index contributed by atoms with van der Waals surface area (Å²) in [4.78, 5) is 16.3. The van der Waals surface area contributed by atoms with E-state index in [4.69, 9.17) is 0 Å². The maximum absolute atomic E-state index is 12.8. The van der Waals surface area contributed by atoms with E-state index in [0.29, 0.717) is 17.5 Å². The molecule has 1 aliphatic carbocycles. The summed E-state index contributed by atoms with van der Waals surface area (Å²) in [5.74, 6) is 0.817. The number of thiophene rings is 1. The van der Waals surface area contributed by atoms with Gasteiger partial charge in [-0.15, -0.1) is 11.3 Å². The van der Waals surface area contributed by atoms with Crippen molar-refractivity contribution >= 4 is 27.3 Å². The summed E-state index contributed by atoms with van der Waals surface area (Å²) in [5, 5.41) is 4.58. The van der Waals surface area contributed by atoms with E-state index in [1.807, 2.05) is 18.2 Å². The van der Waals surface area contributed by atoms with Gasteiger partial charge in [0, 0.05) is 10.2 Å². The molecule has 1 N–H and O–H groups in total. The molecule has 0 unspecified atom stereocenters. The second kappa shape index (κ2) is 4.56. The van der Waals surface area contributed by atoms with Crippen molar-refractivity contribution in [2.45, 2.75) is 37.3 Å². The Bertz CT molecular complexity index is 707. The van der Waals surface area contributed by atoms with Gasteiger partial charge in [0.25, 0.3) is 5.91 Å². The molecule has 1 amide bonds. The van der Waals surface area contributed by atoms with Crippen LogP contribution < -0.4 is 5.32 Å². The normalized spacial score (nSPS) is 31.5. The first-order valence-electron chi connectivity index (χ1n) is 8.31. The third-order valence-corrected chi connectivity index (χ3v) is 7.03. The van der Waals surface area contributed by atoms with Crippen LogP contribution in [0.1, 0.15) is 35.4 Å². The Balaban J connectivity index is 1.42. The molecule has 1 aromatic carbocycles. The summed E-state index contributed by atoms with van der Waals surface area (Å²) < 4.78 is 1.20. The van der Waals surface area contributed by atoms with E-state index in [-0.39, 0.29) is 5.91 Å². The molecule has 1 spiro atoms. The van der Waals surface area contributed by atoms with E-state index in [0.717, 1.165) is 4.88 Å². The van der Waals surface area contributed by atoms with Crippen molar-refractivity contribution in [1.29, 1.82) is 0 Å². The molecule has 114 valence electrons. The smallest absolute Gasteiger partial charge is 0.261 e. The Hall–Kier alpha value is -1.39. The minimum absolute atomic E-state index is 0.131. The zero-order valence-electron chi connectivity index (χ0n) is 12.5.